The summed E-state index contributed by atoms with van der Waals surface area (Å²) in [5.41, 5.74) is 5.97. The van der Waals surface area contributed by atoms with Gasteiger partial charge in [-0.15, -0.1) is 0 Å². The Bertz CT molecular complexity index is 724. The van der Waals surface area contributed by atoms with Gasteiger partial charge in [0.05, 0.1) is 0 Å². The molecular formula is C19H19NO2. The molecule has 0 aromatic heterocycles. The summed E-state index contributed by atoms with van der Waals surface area (Å²) in [6.07, 6.45) is 0. The lowest BCUT2D eigenvalue weighted by atomic mass is 9.86. The topological polar surface area (TPSA) is 38.7 Å². The third kappa shape index (κ3) is 2.54. The number of ketones is 1. The van der Waals surface area contributed by atoms with E-state index < -0.39 is 0 Å². The zero-order valence-corrected chi connectivity index (χ0v) is 13.1. The number of rotatable bonds is 3. The summed E-state index contributed by atoms with van der Waals surface area (Å²) in [6, 6.07) is 13.6. The van der Waals surface area contributed by atoms with Crippen LogP contribution in [0.2, 0.25) is 0 Å². The van der Waals surface area contributed by atoms with Crippen LogP contribution in [-0.4, -0.2) is 18.1 Å². The molecule has 0 saturated heterocycles. The molecule has 0 N–H and O–H groups in total. The van der Waals surface area contributed by atoms with E-state index in [1.807, 2.05) is 30.3 Å². The molecule has 2 aromatic rings. The standard InChI is InChI=1S/C19H19NO2/c1-12-9-13(2)17(14(3)10-12)18-16(11-22-20-18)19(21)15-7-5-4-6-8-15/h4-10,16H,11H2,1-3H3. The Morgan fingerprint density at radius 3 is 2.36 bits per heavy atom. The van der Waals surface area contributed by atoms with Gasteiger partial charge in [-0.2, -0.15) is 0 Å². The van der Waals surface area contributed by atoms with Gasteiger partial charge >= 0.3 is 0 Å². The van der Waals surface area contributed by atoms with Crippen molar-refractivity contribution in [2.24, 2.45) is 11.1 Å². The molecule has 0 radical (unpaired) electrons. The molecule has 22 heavy (non-hydrogen) atoms. The maximum absolute atomic E-state index is 12.8. The van der Waals surface area contributed by atoms with Crippen LogP contribution in [0.4, 0.5) is 0 Å². The van der Waals surface area contributed by atoms with Crippen LogP contribution < -0.4 is 0 Å². The van der Waals surface area contributed by atoms with Gasteiger partial charge in [-0.05, 0) is 31.9 Å². The number of nitrogens with zero attached hydrogens (tertiary/aromatic N) is 1. The van der Waals surface area contributed by atoms with Crippen LogP contribution in [0.1, 0.15) is 32.6 Å². The summed E-state index contributed by atoms with van der Waals surface area (Å²) in [7, 11) is 0. The highest BCUT2D eigenvalue weighted by atomic mass is 16.6. The fourth-order valence-corrected chi connectivity index (χ4v) is 3.13. The number of benzene rings is 2. The molecule has 1 aliphatic rings. The van der Waals surface area contributed by atoms with E-state index in [0.29, 0.717) is 12.2 Å². The predicted molar refractivity (Wildman–Crippen MR) is 87.4 cm³/mol. The molecule has 0 aliphatic carbocycles. The third-order valence-corrected chi connectivity index (χ3v) is 4.04. The van der Waals surface area contributed by atoms with Crippen molar-refractivity contribution in [3.05, 3.63) is 70.3 Å². The summed E-state index contributed by atoms with van der Waals surface area (Å²) < 4.78 is 0. The minimum atomic E-state index is -0.331. The Kier molecular flexibility index (Phi) is 3.80. The van der Waals surface area contributed by atoms with Gasteiger partial charge in [-0.25, -0.2) is 0 Å². The number of oxime groups is 1. The lowest BCUT2D eigenvalue weighted by molar-refractivity contribution is 0.0886. The maximum atomic E-state index is 12.8. The molecule has 1 atom stereocenters. The zero-order chi connectivity index (χ0) is 15.7. The van der Waals surface area contributed by atoms with E-state index in [2.05, 4.69) is 38.1 Å². The van der Waals surface area contributed by atoms with Gasteiger partial charge in [0.25, 0.3) is 0 Å². The van der Waals surface area contributed by atoms with Gasteiger partial charge in [0.15, 0.2) is 5.78 Å². The van der Waals surface area contributed by atoms with E-state index in [1.165, 1.54) is 5.56 Å². The summed E-state index contributed by atoms with van der Waals surface area (Å²) in [5, 5.41) is 4.18. The normalized spacial score (nSPS) is 17.0. The van der Waals surface area contributed by atoms with Crippen LogP contribution in [0.5, 0.6) is 0 Å². The van der Waals surface area contributed by atoms with Crippen molar-refractivity contribution in [2.45, 2.75) is 20.8 Å². The van der Waals surface area contributed by atoms with E-state index in [9.17, 15) is 4.79 Å². The maximum Gasteiger partial charge on any atom is 0.175 e. The Hall–Kier alpha value is -2.42. The van der Waals surface area contributed by atoms with Crippen molar-refractivity contribution in [3.63, 3.8) is 0 Å². The lowest BCUT2D eigenvalue weighted by Crippen LogP contribution is -2.25. The predicted octanol–water partition coefficient (Wildman–Crippen LogP) is 3.85. The molecule has 1 unspecified atom stereocenters. The number of carbonyl (C=O) groups is 1. The monoisotopic (exact) mass is 293 g/mol. The largest absolute Gasteiger partial charge is 0.394 e. The van der Waals surface area contributed by atoms with Crippen LogP contribution in [0.15, 0.2) is 47.6 Å². The average molecular weight is 293 g/mol. The molecule has 0 bridgehead atoms. The summed E-state index contributed by atoms with van der Waals surface area (Å²) in [5.74, 6) is -0.265. The molecule has 0 amide bonds. The van der Waals surface area contributed by atoms with Crippen molar-refractivity contribution >= 4 is 11.5 Å². The molecular weight excluding hydrogens is 274 g/mol. The Balaban J connectivity index is 2.00. The Morgan fingerprint density at radius 1 is 1.09 bits per heavy atom. The summed E-state index contributed by atoms with van der Waals surface area (Å²) in [6.45, 7) is 6.50. The van der Waals surface area contributed by atoms with Crippen LogP contribution in [0.25, 0.3) is 0 Å². The van der Waals surface area contributed by atoms with Gasteiger partial charge in [0, 0.05) is 11.1 Å². The number of aryl methyl sites for hydroxylation is 3. The molecule has 1 heterocycles. The molecule has 0 fully saturated rings. The Labute approximate surface area is 130 Å². The van der Waals surface area contributed by atoms with Crippen LogP contribution in [-0.2, 0) is 4.84 Å². The molecule has 1 aliphatic heterocycles. The van der Waals surface area contributed by atoms with Crippen molar-refractivity contribution in [2.75, 3.05) is 6.61 Å². The summed E-state index contributed by atoms with van der Waals surface area (Å²) >= 11 is 0. The van der Waals surface area contributed by atoms with E-state index in [1.54, 1.807) is 0 Å². The quantitative estimate of drug-likeness (QED) is 0.806. The molecule has 0 saturated carbocycles. The van der Waals surface area contributed by atoms with Crippen molar-refractivity contribution in [3.8, 4) is 0 Å². The molecule has 0 spiro atoms. The first-order valence-electron chi connectivity index (χ1n) is 7.45. The second-order valence-electron chi connectivity index (χ2n) is 5.83. The molecule has 112 valence electrons. The minimum Gasteiger partial charge on any atom is -0.394 e. The average Bonchev–Trinajstić information content (AvgIpc) is 2.95. The molecule has 3 nitrogen and oxygen atoms in total. The molecule has 2 aromatic carbocycles. The van der Waals surface area contributed by atoms with E-state index in [0.717, 1.165) is 22.4 Å². The smallest absolute Gasteiger partial charge is 0.175 e. The van der Waals surface area contributed by atoms with Crippen LogP contribution in [0.3, 0.4) is 0 Å². The van der Waals surface area contributed by atoms with Crippen molar-refractivity contribution < 1.29 is 9.63 Å². The van der Waals surface area contributed by atoms with Gasteiger partial charge in [-0.1, -0.05) is 53.2 Å². The van der Waals surface area contributed by atoms with Crippen LogP contribution >= 0.6 is 0 Å². The van der Waals surface area contributed by atoms with Crippen molar-refractivity contribution in [1.82, 2.24) is 0 Å². The van der Waals surface area contributed by atoms with Crippen LogP contribution in [0, 0.1) is 26.7 Å². The van der Waals surface area contributed by atoms with Gasteiger partial charge in [-0.3, -0.25) is 4.79 Å². The van der Waals surface area contributed by atoms with E-state index in [4.69, 9.17) is 4.84 Å². The Morgan fingerprint density at radius 2 is 1.73 bits per heavy atom. The minimum absolute atomic E-state index is 0.0659. The van der Waals surface area contributed by atoms with E-state index >= 15 is 0 Å². The third-order valence-electron chi connectivity index (χ3n) is 4.04. The van der Waals surface area contributed by atoms with Crippen molar-refractivity contribution in [1.29, 1.82) is 0 Å². The number of Topliss-reactive ketones (excluding diaryl/α,β-unsaturated/α-hetero) is 1. The van der Waals surface area contributed by atoms with E-state index in [-0.39, 0.29) is 11.7 Å². The van der Waals surface area contributed by atoms with Gasteiger partial charge < -0.3 is 4.84 Å². The molecule has 3 rings (SSSR count). The number of hydrogen-bond donors (Lipinski definition) is 0. The highest BCUT2D eigenvalue weighted by Gasteiger charge is 2.33. The SMILES string of the molecule is Cc1cc(C)c(C2=NOCC2C(=O)c2ccccc2)c(C)c1. The van der Waals surface area contributed by atoms with Gasteiger partial charge in [0.1, 0.15) is 18.2 Å². The lowest BCUT2D eigenvalue weighted by Gasteiger charge is -2.15. The fraction of sp³-hybridized carbons (Fsp3) is 0.263. The number of hydrogen-bond acceptors (Lipinski definition) is 3. The second-order valence-corrected chi connectivity index (χ2v) is 5.83. The highest BCUT2D eigenvalue weighted by Crippen LogP contribution is 2.26. The second kappa shape index (κ2) is 5.76. The first-order valence-corrected chi connectivity index (χ1v) is 7.45. The highest BCUT2D eigenvalue weighted by molar-refractivity contribution is 6.19. The summed E-state index contributed by atoms with van der Waals surface area (Å²) in [4.78, 5) is 18.0. The van der Waals surface area contributed by atoms with Gasteiger partial charge in [0.2, 0.25) is 0 Å². The first kappa shape index (κ1) is 14.5. The number of carbonyl (C=O) groups excluding carboxylic acids is 1. The molecule has 3 heteroatoms. The first-order chi connectivity index (χ1) is 10.6. The zero-order valence-electron chi connectivity index (χ0n) is 13.1. The fourth-order valence-electron chi connectivity index (χ4n) is 3.13.